The second kappa shape index (κ2) is 5.80. The molecule has 7 nitrogen and oxygen atoms in total. The molecule has 0 aliphatic carbocycles. The van der Waals surface area contributed by atoms with Crippen LogP contribution in [0.25, 0.3) is 5.78 Å². The van der Waals surface area contributed by atoms with Crippen LogP contribution in [0.2, 0.25) is 0 Å². The minimum atomic E-state index is -0.129. The van der Waals surface area contributed by atoms with E-state index in [4.69, 9.17) is 0 Å². The second-order valence-corrected chi connectivity index (χ2v) is 5.91. The SMILES string of the molecule is Cc1nc2ncnn2c(C)c1CCC(=O)N=c1sccn1C. The van der Waals surface area contributed by atoms with E-state index in [1.807, 2.05) is 37.0 Å². The Hall–Kier alpha value is -2.35. The van der Waals surface area contributed by atoms with Crippen molar-refractivity contribution in [3.05, 3.63) is 39.7 Å². The fourth-order valence-electron chi connectivity index (χ4n) is 2.35. The van der Waals surface area contributed by atoms with Crippen LogP contribution in [0.15, 0.2) is 22.9 Å². The Balaban J connectivity index is 1.82. The second-order valence-electron chi connectivity index (χ2n) is 5.04. The lowest BCUT2D eigenvalue weighted by Crippen LogP contribution is -2.13. The van der Waals surface area contributed by atoms with Crippen molar-refractivity contribution in [1.82, 2.24) is 24.1 Å². The summed E-state index contributed by atoms with van der Waals surface area (Å²) in [5.74, 6) is 0.455. The van der Waals surface area contributed by atoms with Crippen molar-refractivity contribution in [1.29, 1.82) is 0 Å². The third-order valence-corrected chi connectivity index (χ3v) is 4.41. The summed E-state index contributed by atoms with van der Waals surface area (Å²) >= 11 is 1.45. The Labute approximate surface area is 131 Å². The third kappa shape index (κ3) is 2.69. The predicted octanol–water partition coefficient (Wildman–Crippen LogP) is 1.20. The molecule has 22 heavy (non-hydrogen) atoms. The van der Waals surface area contributed by atoms with E-state index in [-0.39, 0.29) is 5.91 Å². The molecule has 0 saturated carbocycles. The molecule has 0 unspecified atom stereocenters. The van der Waals surface area contributed by atoms with Gasteiger partial charge in [-0.05, 0) is 25.8 Å². The summed E-state index contributed by atoms with van der Waals surface area (Å²) in [6.07, 6.45) is 4.31. The summed E-state index contributed by atoms with van der Waals surface area (Å²) in [6, 6.07) is 0. The first kappa shape index (κ1) is 14.6. The Bertz CT molecular complexity index is 904. The van der Waals surface area contributed by atoms with E-state index in [0.717, 1.165) is 17.0 Å². The first-order chi connectivity index (χ1) is 10.6. The molecule has 0 aromatic carbocycles. The van der Waals surface area contributed by atoms with Gasteiger partial charge in [0.2, 0.25) is 5.91 Å². The van der Waals surface area contributed by atoms with Crippen LogP contribution in [-0.2, 0) is 18.3 Å². The van der Waals surface area contributed by atoms with Gasteiger partial charge in [0.15, 0.2) is 4.80 Å². The lowest BCUT2D eigenvalue weighted by Gasteiger charge is -2.09. The van der Waals surface area contributed by atoms with Crippen LogP contribution in [0.1, 0.15) is 23.4 Å². The summed E-state index contributed by atoms with van der Waals surface area (Å²) in [5, 5.41) is 6.06. The van der Waals surface area contributed by atoms with Crippen LogP contribution in [0, 0.1) is 13.8 Å². The number of carbonyl (C=O) groups is 1. The molecule has 0 radical (unpaired) electrons. The molecule has 3 heterocycles. The summed E-state index contributed by atoms with van der Waals surface area (Å²) in [6.45, 7) is 3.89. The van der Waals surface area contributed by atoms with Crippen molar-refractivity contribution in [3.8, 4) is 0 Å². The molecule has 3 aromatic rings. The number of amides is 1. The zero-order chi connectivity index (χ0) is 15.7. The molecule has 0 bridgehead atoms. The van der Waals surface area contributed by atoms with Crippen molar-refractivity contribution >= 4 is 23.0 Å². The number of nitrogens with zero attached hydrogens (tertiary/aromatic N) is 6. The lowest BCUT2D eigenvalue weighted by molar-refractivity contribution is -0.118. The highest BCUT2D eigenvalue weighted by atomic mass is 32.1. The molecule has 3 aromatic heterocycles. The van der Waals surface area contributed by atoms with E-state index in [0.29, 0.717) is 23.4 Å². The number of hydrogen-bond donors (Lipinski definition) is 0. The quantitative estimate of drug-likeness (QED) is 0.727. The van der Waals surface area contributed by atoms with Gasteiger partial charge in [0, 0.05) is 36.4 Å². The van der Waals surface area contributed by atoms with E-state index >= 15 is 0 Å². The van der Waals surface area contributed by atoms with Crippen LogP contribution in [-0.4, -0.2) is 30.1 Å². The Kier molecular flexibility index (Phi) is 3.84. The van der Waals surface area contributed by atoms with Crippen LogP contribution in [0.3, 0.4) is 0 Å². The number of fused-ring (bicyclic) bond motifs is 1. The number of hydrogen-bond acceptors (Lipinski definition) is 5. The molecule has 1 amide bonds. The highest BCUT2D eigenvalue weighted by molar-refractivity contribution is 7.07. The van der Waals surface area contributed by atoms with Gasteiger partial charge >= 0.3 is 0 Å². The third-order valence-electron chi connectivity index (χ3n) is 3.56. The van der Waals surface area contributed by atoms with Gasteiger partial charge in [0.1, 0.15) is 6.33 Å². The molecule has 0 fully saturated rings. The van der Waals surface area contributed by atoms with Crippen LogP contribution in [0.5, 0.6) is 0 Å². The Morgan fingerprint density at radius 3 is 2.95 bits per heavy atom. The van der Waals surface area contributed by atoms with Crippen molar-refractivity contribution in [2.45, 2.75) is 26.7 Å². The standard InChI is InChI=1S/C14H16N6OS/c1-9-11(10(2)20-13(17-9)15-8-16-20)4-5-12(21)18-14-19(3)6-7-22-14/h6-8H,4-5H2,1-3H3. The van der Waals surface area contributed by atoms with Gasteiger partial charge in [0.05, 0.1) is 0 Å². The minimum Gasteiger partial charge on any atom is -0.327 e. The van der Waals surface area contributed by atoms with Crippen LogP contribution in [0.4, 0.5) is 0 Å². The highest BCUT2D eigenvalue weighted by Gasteiger charge is 2.12. The van der Waals surface area contributed by atoms with Crippen molar-refractivity contribution < 1.29 is 4.79 Å². The summed E-state index contributed by atoms with van der Waals surface area (Å²) < 4.78 is 3.53. The molecule has 0 spiro atoms. The maximum absolute atomic E-state index is 12.0. The minimum absolute atomic E-state index is 0.129. The number of aryl methyl sites for hydroxylation is 3. The summed E-state index contributed by atoms with van der Waals surface area (Å²) in [7, 11) is 1.87. The largest absolute Gasteiger partial charge is 0.327 e. The monoisotopic (exact) mass is 316 g/mol. The Morgan fingerprint density at radius 1 is 1.41 bits per heavy atom. The average Bonchev–Trinajstić information content (AvgIpc) is 3.08. The number of carbonyl (C=O) groups excluding carboxylic acids is 1. The van der Waals surface area contributed by atoms with Gasteiger partial charge < -0.3 is 4.57 Å². The van der Waals surface area contributed by atoms with Gasteiger partial charge in [-0.2, -0.15) is 15.1 Å². The predicted molar refractivity (Wildman–Crippen MR) is 82.4 cm³/mol. The number of aromatic nitrogens is 5. The lowest BCUT2D eigenvalue weighted by atomic mass is 10.1. The van der Waals surface area contributed by atoms with E-state index in [1.54, 1.807) is 4.52 Å². The molecule has 8 heteroatoms. The summed E-state index contributed by atoms with van der Waals surface area (Å²) in [4.78, 5) is 25.4. The fourth-order valence-corrected chi connectivity index (χ4v) is 3.09. The molecule has 0 aliphatic rings. The highest BCUT2D eigenvalue weighted by Crippen LogP contribution is 2.15. The molecular weight excluding hydrogens is 300 g/mol. The van der Waals surface area contributed by atoms with Gasteiger partial charge in [-0.1, -0.05) is 0 Å². The molecule has 0 atom stereocenters. The van der Waals surface area contributed by atoms with Crippen molar-refractivity contribution in [2.24, 2.45) is 12.0 Å². The molecule has 0 aliphatic heterocycles. The zero-order valence-corrected chi connectivity index (χ0v) is 13.5. The van der Waals surface area contributed by atoms with Crippen LogP contribution >= 0.6 is 11.3 Å². The molecular formula is C14H16N6OS. The molecule has 0 N–H and O–H groups in total. The topological polar surface area (TPSA) is 77.4 Å². The Morgan fingerprint density at radius 2 is 2.23 bits per heavy atom. The maximum Gasteiger partial charge on any atom is 0.252 e. The normalized spacial score (nSPS) is 12.2. The molecule has 0 saturated heterocycles. The van der Waals surface area contributed by atoms with Gasteiger partial charge in [0.25, 0.3) is 5.78 Å². The first-order valence-corrected chi connectivity index (χ1v) is 7.77. The zero-order valence-electron chi connectivity index (χ0n) is 12.6. The molecule has 3 rings (SSSR count). The smallest absolute Gasteiger partial charge is 0.252 e. The number of thiazole rings is 1. The van der Waals surface area contributed by atoms with E-state index in [2.05, 4.69) is 20.1 Å². The van der Waals surface area contributed by atoms with Gasteiger partial charge in [-0.25, -0.2) is 9.50 Å². The van der Waals surface area contributed by atoms with Crippen LogP contribution < -0.4 is 4.80 Å². The van der Waals surface area contributed by atoms with E-state index in [9.17, 15) is 4.79 Å². The average molecular weight is 316 g/mol. The van der Waals surface area contributed by atoms with Gasteiger partial charge in [-0.3, -0.25) is 4.79 Å². The number of rotatable bonds is 3. The molecule has 114 valence electrons. The van der Waals surface area contributed by atoms with E-state index in [1.165, 1.54) is 17.7 Å². The van der Waals surface area contributed by atoms with Gasteiger partial charge in [-0.15, -0.1) is 11.3 Å². The fraction of sp³-hybridized carbons (Fsp3) is 0.357. The first-order valence-electron chi connectivity index (χ1n) is 6.90. The van der Waals surface area contributed by atoms with E-state index < -0.39 is 0 Å². The van der Waals surface area contributed by atoms with Crippen molar-refractivity contribution in [3.63, 3.8) is 0 Å². The summed E-state index contributed by atoms with van der Waals surface area (Å²) in [5.41, 5.74) is 2.87. The maximum atomic E-state index is 12.0. The van der Waals surface area contributed by atoms with Crippen molar-refractivity contribution in [2.75, 3.05) is 0 Å².